The number of aromatic nitrogens is 3. The van der Waals surface area contributed by atoms with Crippen molar-refractivity contribution in [2.75, 3.05) is 5.32 Å². The quantitative estimate of drug-likeness (QED) is 0.682. The van der Waals surface area contributed by atoms with Gasteiger partial charge in [-0.1, -0.05) is 6.07 Å². The van der Waals surface area contributed by atoms with Gasteiger partial charge in [0.05, 0.1) is 11.9 Å². The van der Waals surface area contributed by atoms with Gasteiger partial charge in [-0.2, -0.15) is 0 Å². The number of pyridine rings is 1. The Morgan fingerprint density at radius 3 is 2.87 bits per heavy atom. The summed E-state index contributed by atoms with van der Waals surface area (Å²) in [6, 6.07) is 5.48. The minimum absolute atomic E-state index is 0.164. The molecule has 0 radical (unpaired) electrons. The van der Waals surface area contributed by atoms with Crippen LogP contribution in [0.1, 0.15) is 0 Å². The van der Waals surface area contributed by atoms with Crippen LogP contribution in [-0.4, -0.2) is 26.2 Å². The number of H-pyrrole nitrogens is 1. The lowest BCUT2D eigenvalue weighted by molar-refractivity contribution is 0.209. The van der Waals surface area contributed by atoms with Crippen LogP contribution in [0.15, 0.2) is 41.5 Å². The first-order valence-corrected chi connectivity index (χ1v) is 6.35. The van der Waals surface area contributed by atoms with Crippen LogP contribution in [0.25, 0.3) is 11.2 Å². The third-order valence-corrected chi connectivity index (χ3v) is 2.86. The number of carbonyl (C=O) groups is 1. The van der Waals surface area contributed by atoms with E-state index in [-0.39, 0.29) is 28.4 Å². The summed E-state index contributed by atoms with van der Waals surface area (Å²) >= 11 is 0. The van der Waals surface area contributed by atoms with Crippen LogP contribution in [0.4, 0.5) is 14.9 Å². The third kappa shape index (κ3) is 2.93. The van der Waals surface area contributed by atoms with Crippen LogP contribution < -0.4 is 15.6 Å². The number of aromatic amines is 1. The van der Waals surface area contributed by atoms with Crippen molar-refractivity contribution in [3.05, 3.63) is 52.8 Å². The lowest BCUT2D eigenvalue weighted by Crippen LogP contribution is -2.09. The van der Waals surface area contributed by atoms with E-state index < -0.39 is 17.5 Å². The molecule has 2 heterocycles. The molecule has 23 heavy (non-hydrogen) atoms. The summed E-state index contributed by atoms with van der Waals surface area (Å²) in [5, 5.41) is 10.6. The molecule has 0 spiro atoms. The number of nitrogens with zero attached hydrogens (tertiary/aromatic N) is 2. The van der Waals surface area contributed by atoms with E-state index >= 15 is 0 Å². The zero-order chi connectivity index (χ0) is 16.4. The van der Waals surface area contributed by atoms with Crippen LogP contribution in [-0.2, 0) is 0 Å². The Kier molecular flexibility index (Phi) is 3.59. The lowest BCUT2D eigenvalue weighted by Gasteiger charge is -2.10. The zero-order valence-electron chi connectivity index (χ0n) is 11.4. The van der Waals surface area contributed by atoms with Gasteiger partial charge in [0.25, 0.3) is 5.56 Å². The molecule has 116 valence electrons. The fraction of sp³-hybridized carbons (Fsp3) is 0. The highest BCUT2D eigenvalue weighted by molar-refractivity contribution is 5.83. The van der Waals surface area contributed by atoms with Crippen LogP contribution in [0.2, 0.25) is 0 Å². The van der Waals surface area contributed by atoms with Gasteiger partial charge in [-0.05, 0) is 12.1 Å². The number of carboxylic acid groups (broad SMARTS) is 1. The van der Waals surface area contributed by atoms with Gasteiger partial charge < -0.3 is 14.8 Å². The average Bonchev–Trinajstić information content (AvgIpc) is 2.50. The molecule has 3 rings (SSSR count). The number of nitrogens with one attached hydrogen (secondary N) is 2. The molecule has 1 amide bonds. The molecule has 0 aliphatic carbocycles. The summed E-state index contributed by atoms with van der Waals surface area (Å²) in [6.07, 6.45) is 1.02. The number of halogens is 1. The molecule has 1 aromatic carbocycles. The summed E-state index contributed by atoms with van der Waals surface area (Å²) < 4.78 is 19.7. The van der Waals surface area contributed by atoms with E-state index in [1.54, 1.807) is 0 Å². The predicted molar refractivity (Wildman–Crippen MR) is 78.3 cm³/mol. The van der Waals surface area contributed by atoms with Crippen molar-refractivity contribution >= 4 is 22.9 Å². The molecule has 0 bridgehead atoms. The zero-order valence-corrected chi connectivity index (χ0v) is 11.4. The second-order valence-electron chi connectivity index (χ2n) is 4.40. The van der Waals surface area contributed by atoms with Crippen molar-refractivity contribution in [2.45, 2.75) is 0 Å². The first kappa shape index (κ1) is 14.4. The topological polar surface area (TPSA) is 117 Å². The second-order valence-corrected chi connectivity index (χ2v) is 4.40. The molecule has 0 unspecified atom stereocenters. The number of hydrogen-bond acceptors (Lipinski definition) is 5. The Labute approximate surface area is 127 Å². The van der Waals surface area contributed by atoms with Gasteiger partial charge >= 0.3 is 6.09 Å². The third-order valence-electron chi connectivity index (χ3n) is 2.86. The smallest absolute Gasteiger partial charge is 0.409 e. The molecule has 0 aliphatic rings. The van der Waals surface area contributed by atoms with Crippen molar-refractivity contribution in [1.82, 2.24) is 15.0 Å². The molecule has 0 saturated heterocycles. The van der Waals surface area contributed by atoms with E-state index in [4.69, 9.17) is 9.84 Å². The number of ether oxygens (including phenoxy) is 1. The van der Waals surface area contributed by atoms with E-state index in [9.17, 15) is 14.0 Å². The highest BCUT2D eigenvalue weighted by atomic mass is 19.1. The normalized spacial score (nSPS) is 10.5. The minimum Gasteiger partial charge on any atom is -0.465 e. The molecule has 0 atom stereocenters. The van der Waals surface area contributed by atoms with E-state index in [0.717, 1.165) is 6.20 Å². The maximum absolute atomic E-state index is 14.2. The number of rotatable bonds is 3. The maximum Gasteiger partial charge on any atom is 0.409 e. The standard InChI is InChI=1S/C14H9FN4O4/c15-11-7(18-14(21)22)2-1-3-8(11)23-9-4-5-16-13-12(9)17-6-10(20)19-13/h1-6,18H,(H,21,22)(H,16,19,20). The molecule has 8 nitrogen and oxygen atoms in total. The van der Waals surface area contributed by atoms with Crippen LogP contribution in [0.5, 0.6) is 11.5 Å². The van der Waals surface area contributed by atoms with Gasteiger partial charge in [-0.3, -0.25) is 10.1 Å². The minimum atomic E-state index is -1.39. The molecular weight excluding hydrogens is 307 g/mol. The molecular formula is C14H9FN4O4. The molecule has 3 aromatic rings. The average molecular weight is 316 g/mol. The van der Waals surface area contributed by atoms with Crippen LogP contribution in [0.3, 0.4) is 0 Å². The van der Waals surface area contributed by atoms with Crippen molar-refractivity contribution in [1.29, 1.82) is 0 Å². The predicted octanol–water partition coefficient (Wildman–Crippen LogP) is 2.34. The molecule has 2 aromatic heterocycles. The summed E-state index contributed by atoms with van der Waals surface area (Å²) in [5.74, 6) is -0.904. The van der Waals surface area contributed by atoms with Crippen molar-refractivity contribution in [3.8, 4) is 11.5 Å². The summed E-state index contributed by atoms with van der Waals surface area (Å²) in [5.41, 5.74) is -0.242. The number of anilines is 1. The number of amides is 1. The monoisotopic (exact) mass is 316 g/mol. The first-order valence-electron chi connectivity index (χ1n) is 6.35. The second kappa shape index (κ2) is 5.72. The molecule has 9 heteroatoms. The Hall–Kier alpha value is -3.49. The fourth-order valence-corrected chi connectivity index (χ4v) is 1.93. The first-order chi connectivity index (χ1) is 11.0. The highest BCUT2D eigenvalue weighted by Crippen LogP contribution is 2.31. The van der Waals surface area contributed by atoms with Gasteiger partial charge in [-0.15, -0.1) is 0 Å². The number of fused-ring (bicyclic) bond motifs is 1. The van der Waals surface area contributed by atoms with Crippen molar-refractivity contribution < 1.29 is 19.0 Å². The number of benzene rings is 1. The summed E-state index contributed by atoms with van der Waals surface area (Å²) in [6.45, 7) is 0. The number of hydrogen-bond donors (Lipinski definition) is 3. The fourth-order valence-electron chi connectivity index (χ4n) is 1.93. The largest absolute Gasteiger partial charge is 0.465 e. The van der Waals surface area contributed by atoms with E-state index in [2.05, 4.69) is 15.0 Å². The van der Waals surface area contributed by atoms with Gasteiger partial charge in [-0.25, -0.2) is 19.2 Å². The van der Waals surface area contributed by atoms with Gasteiger partial charge in [0.15, 0.2) is 23.0 Å². The maximum atomic E-state index is 14.2. The van der Waals surface area contributed by atoms with E-state index in [0.29, 0.717) is 0 Å². The van der Waals surface area contributed by atoms with Crippen LogP contribution in [0, 0.1) is 5.82 Å². The molecule has 3 N–H and O–H groups in total. The van der Waals surface area contributed by atoms with Gasteiger partial charge in [0, 0.05) is 12.3 Å². The summed E-state index contributed by atoms with van der Waals surface area (Å²) in [7, 11) is 0. The van der Waals surface area contributed by atoms with Crippen molar-refractivity contribution in [2.24, 2.45) is 0 Å². The van der Waals surface area contributed by atoms with Crippen LogP contribution >= 0.6 is 0 Å². The highest BCUT2D eigenvalue weighted by Gasteiger charge is 2.14. The molecule has 0 saturated carbocycles. The molecule has 0 fully saturated rings. The van der Waals surface area contributed by atoms with Crippen molar-refractivity contribution in [3.63, 3.8) is 0 Å². The lowest BCUT2D eigenvalue weighted by atomic mass is 10.3. The Balaban J connectivity index is 2.03. The van der Waals surface area contributed by atoms with Gasteiger partial charge in [0.1, 0.15) is 5.52 Å². The van der Waals surface area contributed by atoms with Gasteiger partial charge in [0.2, 0.25) is 0 Å². The molecule has 0 aliphatic heterocycles. The Morgan fingerprint density at radius 2 is 2.09 bits per heavy atom. The Morgan fingerprint density at radius 1 is 1.26 bits per heavy atom. The Bertz CT molecular complexity index is 957. The SMILES string of the molecule is O=C(O)Nc1cccc(Oc2ccnc3[nH]c(=O)cnc23)c1F. The van der Waals surface area contributed by atoms with E-state index in [1.807, 2.05) is 5.32 Å². The summed E-state index contributed by atoms with van der Waals surface area (Å²) in [4.78, 5) is 32.2. The van der Waals surface area contributed by atoms with E-state index in [1.165, 1.54) is 30.5 Å².